The Morgan fingerprint density at radius 2 is 0.889 bits per heavy atom. The van der Waals surface area contributed by atoms with E-state index in [2.05, 4.69) is 151 Å². The Morgan fingerprint density at radius 3 is 1.24 bits per heavy atom. The van der Waals surface area contributed by atoms with Gasteiger partial charge in [-0.1, -0.05) is 113 Å². The summed E-state index contributed by atoms with van der Waals surface area (Å²) < 4.78 is 0. The van der Waals surface area contributed by atoms with E-state index in [4.69, 9.17) is 17.0 Å². The summed E-state index contributed by atoms with van der Waals surface area (Å²) in [4.78, 5) is 0. The molecule has 0 nitrogen and oxygen atoms in total. The standard InChI is InChI=1S/2C21H23.2ClH.Zr/c2*1-4-17-8-5-6-10-19(17)20-11-7-9-18-13-16(12-15(2)3)14-21(18)20;;;/h2*5-11,13-15H,4,12H2,1-3H3;2*1H;/q2*-1;;;+4/p-2. The van der Waals surface area contributed by atoms with Crippen LogP contribution in [0.2, 0.25) is 0 Å². The molecule has 6 aromatic rings. The number of fused-ring (bicyclic) bond motifs is 2. The van der Waals surface area contributed by atoms with Crippen LogP contribution in [0.4, 0.5) is 0 Å². The van der Waals surface area contributed by atoms with Crippen molar-refractivity contribution in [2.24, 2.45) is 11.8 Å². The number of aryl methyl sites for hydroxylation is 2. The van der Waals surface area contributed by atoms with Gasteiger partial charge >= 0.3 is 37.9 Å². The van der Waals surface area contributed by atoms with Crippen molar-refractivity contribution in [2.45, 2.75) is 67.2 Å². The number of hydrogen-bond acceptors (Lipinski definition) is 0. The van der Waals surface area contributed by atoms with Crippen LogP contribution in [0.5, 0.6) is 0 Å². The van der Waals surface area contributed by atoms with Crippen LogP contribution in [0.3, 0.4) is 0 Å². The van der Waals surface area contributed by atoms with E-state index >= 15 is 0 Å². The first kappa shape index (κ1) is 35.4. The van der Waals surface area contributed by atoms with Crippen LogP contribution in [0.15, 0.2) is 109 Å². The van der Waals surface area contributed by atoms with Gasteiger partial charge in [0.25, 0.3) is 0 Å². The van der Waals surface area contributed by atoms with E-state index in [1.165, 1.54) is 66.1 Å². The summed E-state index contributed by atoms with van der Waals surface area (Å²) >= 11 is -0.826. The van der Waals surface area contributed by atoms with Gasteiger partial charge in [-0.15, -0.1) is 69.1 Å². The zero-order chi connectivity index (χ0) is 32.3. The molecule has 0 heterocycles. The predicted molar refractivity (Wildman–Crippen MR) is 197 cm³/mol. The zero-order valence-electron chi connectivity index (χ0n) is 27.6. The van der Waals surface area contributed by atoms with Gasteiger partial charge in [0.1, 0.15) is 0 Å². The van der Waals surface area contributed by atoms with Gasteiger partial charge in [0.2, 0.25) is 0 Å². The van der Waals surface area contributed by atoms with Gasteiger partial charge in [-0.3, -0.25) is 0 Å². The molecule has 0 radical (unpaired) electrons. The summed E-state index contributed by atoms with van der Waals surface area (Å²) in [6, 6.07) is 40.4. The summed E-state index contributed by atoms with van der Waals surface area (Å²) in [6.45, 7) is 13.6. The molecule has 3 heteroatoms. The summed E-state index contributed by atoms with van der Waals surface area (Å²) in [5.74, 6) is 1.40. The molecule has 6 aromatic carbocycles. The molecule has 0 aromatic heterocycles. The van der Waals surface area contributed by atoms with Gasteiger partial charge in [-0.05, 0) is 59.8 Å². The van der Waals surface area contributed by atoms with E-state index in [1.54, 1.807) is 0 Å². The van der Waals surface area contributed by atoms with Crippen LogP contribution in [-0.4, -0.2) is 0 Å². The number of benzene rings is 4. The number of hydrogen-bond donors (Lipinski definition) is 0. The van der Waals surface area contributed by atoms with E-state index in [-0.39, 0.29) is 0 Å². The SMILES string of the molecule is CCc1ccccc1-c1cccc2[cH-]c(CC(C)C)cc12.CCc1ccccc1-c1cccc2[cH-]c(CC(C)C)cc12.[Cl][Zr+2][Cl]. The summed E-state index contributed by atoms with van der Waals surface area (Å²) in [5.41, 5.74) is 11.3. The molecule has 45 heavy (non-hydrogen) atoms. The minimum absolute atomic E-state index is 0.702. The van der Waals surface area contributed by atoms with Crippen molar-refractivity contribution in [1.29, 1.82) is 0 Å². The zero-order valence-corrected chi connectivity index (χ0v) is 31.6. The minimum atomic E-state index is -0.826. The quantitative estimate of drug-likeness (QED) is 0.138. The second-order valence-electron chi connectivity index (χ2n) is 12.6. The third kappa shape index (κ3) is 9.32. The van der Waals surface area contributed by atoms with Gasteiger partial charge in [-0.25, -0.2) is 0 Å². The molecule has 0 atom stereocenters. The van der Waals surface area contributed by atoms with Crippen molar-refractivity contribution >= 4 is 38.6 Å². The molecule has 0 fully saturated rings. The van der Waals surface area contributed by atoms with Crippen molar-refractivity contribution in [1.82, 2.24) is 0 Å². The van der Waals surface area contributed by atoms with Gasteiger partial charge in [0.15, 0.2) is 0 Å². The van der Waals surface area contributed by atoms with E-state index in [0.29, 0.717) is 11.8 Å². The van der Waals surface area contributed by atoms with Crippen molar-refractivity contribution in [3.63, 3.8) is 0 Å². The van der Waals surface area contributed by atoms with Crippen LogP contribution in [0.25, 0.3) is 43.8 Å². The number of rotatable bonds is 8. The summed E-state index contributed by atoms with van der Waals surface area (Å²) in [7, 11) is 9.87. The molecule has 0 unspecified atom stereocenters. The Morgan fingerprint density at radius 1 is 0.533 bits per heavy atom. The van der Waals surface area contributed by atoms with Crippen molar-refractivity contribution in [3.8, 4) is 22.3 Å². The van der Waals surface area contributed by atoms with E-state index in [9.17, 15) is 0 Å². The third-order valence-corrected chi connectivity index (χ3v) is 8.29. The average molecular weight is 713 g/mol. The number of halogens is 2. The molecule has 232 valence electrons. The molecule has 0 saturated heterocycles. The van der Waals surface area contributed by atoms with E-state index in [0.717, 1.165) is 25.7 Å². The van der Waals surface area contributed by atoms with Crippen LogP contribution in [0, 0.1) is 11.8 Å². The summed E-state index contributed by atoms with van der Waals surface area (Å²) in [5, 5.41) is 5.53. The average Bonchev–Trinajstić information content (AvgIpc) is 3.64. The molecule has 0 aliphatic rings. The Bertz CT molecular complexity index is 1650. The Hall–Kier alpha value is -2.44. The van der Waals surface area contributed by atoms with Gasteiger partial charge in [-0.2, -0.15) is 12.1 Å². The predicted octanol–water partition coefficient (Wildman–Crippen LogP) is 13.3. The summed E-state index contributed by atoms with van der Waals surface area (Å²) in [6.07, 6.45) is 4.46. The maximum absolute atomic E-state index is 4.93. The fourth-order valence-electron chi connectivity index (χ4n) is 6.42. The molecule has 0 aliphatic heterocycles. The van der Waals surface area contributed by atoms with Crippen LogP contribution in [-0.2, 0) is 46.5 Å². The van der Waals surface area contributed by atoms with Crippen molar-refractivity contribution in [2.75, 3.05) is 0 Å². The first-order valence-corrected chi connectivity index (χ1v) is 22.6. The van der Waals surface area contributed by atoms with Crippen LogP contribution in [0.1, 0.15) is 63.8 Å². The maximum atomic E-state index is 4.93. The normalized spacial score (nSPS) is 10.9. The Labute approximate surface area is 290 Å². The topological polar surface area (TPSA) is 0 Å². The fourth-order valence-corrected chi connectivity index (χ4v) is 6.42. The first-order valence-electron chi connectivity index (χ1n) is 16.3. The second-order valence-corrected chi connectivity index (χ2v) is 16.4. The van der Waals surface area contributed by atoms with Crippen LogP contribution >= 0.6 is 17.0 Å². The van der Waals surface area contributed by atoms with Crippen LogP contribution < -0.4 is 0 Å². The monoisotopic (exact) mass is 710 g/mol. The molecule has 6 rings (SSSR count). The van der Waals surface area contributed by atoms with Gasteiger partial charge < -0.3 is 0 Å². The molecular weight excluding hydrogens is 667 g/mol. The van der Waals surface area contributed by atoms with Gasteiger partial charge in [0, 0.05) is 0 Å². The molecular formula is C42H46Cl2Zr. The molecule has 0 N–H and O–H groups in total. The van der Waals surface area contributed by atoms with E-state index < -0.39 is 20.8 Å². The Kier molecular flexibility index (Phi) is 13.8. The van der Waals surface area contributed by atoms with E-state index in [1.807, 2.05) is 0 Å². The van der Waals surface area contributed by atoms with Crippen molar-refractivity contribution in [3.05, 3.63) is 131 Å². The fraction of sp³-hybridized carbons (Fsp3) is 0.286. The molecule has 0 spiro atoms. The molecule has 0 amide bonds. The third-order valence-electron chi connectivity index (χ3n) is 8.29. The second kappa shape index (κ2) is 17.5. The van der Waals surface area contributed by atoms with Gasteiger partial charge in [0.05, 0.1) is 0 Å². The molecule has 0 aliphatic carbocycles. The Balaban J connectivity index is 0.000000189. The molecule has 0 bridgehead atoms. The van der Waals surface area contributed by atoms with Crippen molar-refractivity contribution < 1.29 is 20.8 Å². The molecule has 0 saturated carbocycles. The first-order chi connectivity index (χ1) is 21.8.